The van der Waals surface area contributed by atoms with Crippen LogP contribution in [0, 0.1) is 6.92 Å². The molecule has 1 saturated heterocycles. The van der Waals surface area contributed by atoms with E-state index in [2.05, 4.69) is 77.5 Å². The van der Waals surface area contributed by atoms with Crippen LogP contribution in [0.3, 0.4) is 0 Å². The topological polar surface area (TPSA) is 28.1 Å². The molecule has 0 aliphatic carbocycles. The SMILES string of the molecule is Cc1ccc2c(c1)C1CC(c3ccc(Cl)cc3)=NN1C1(CCN(Cc3ccccc3)CC1)O2. The summed E-state index contributed by atoms with van der Waals surface area (Å²) in [6, 6.07) is 25.6. The van der Waals surface area contributed by atoms with Crippen LogP contribution in [0.15, 0.2) is 77.9 Å². The zero-order valence-corrected chi connectivity index (χ0v) is 19.6. The number of halogens is 1. The Balaban J connectivity index is 1.31. The average molecular weight is 458 g/mol. The van der Waals surface area contributed by atoms with Gasteiger partial charge in [0, 0.05) is 49.5 Å². The molecule has 0 N–H and O–H groups in total. The van der Waals surface area contributed by atoms with Crippen LogP contribution >= 0.6 is 11.6 Å². The van der Waals surface area contributed by atoms with Crippen molar-refractivity contribution >= 4 is 17.3 Å². The van der Waals surface area contributed by atoms with Crippen LogP contribution in [-0.2, 0) is 6.54 Å². The highest BCUT2D eigenvalue weighted by atomic mass is 35.5. The Bertz CT molecular complexity index is 1180. The van der Waals surface area contributed by atoms with Crippen molar-refractivity contribution in [3.63, 3.8) is 0 Å². The fourth-order valence-corrected chi connectivity index (χ4v) is 5.58. The number of nitrogens with zero attached hydrogens (tertiary/aromatic N) is 3. The number of aryl methyl sites for hydroxylation is 1. The molecule has 3 heterocycles. The van der Waals surface area contributed by atoms with E-state index in [1.165, 1.54) is 16.7 Å². The van der Waals surface area contributed by atoms with Crippen LogP contribution in [0.25, 0.3) is 0 Å². The second kappa shape index (κ2) is 8.19. The van der Waals surface area contributed by atoms with Gasteiger partial charge in [-0.1, -0.05) is 71.8 Å². The molecule has 4 nitrogen and oxygen atoms in total. The normalized spacial score (nSPS) is 21.3. The summed E-state index contributed by atoms with van der Waals surface area (Å²) >= 11 is 6.14. The second-order valence-corrected chi connectivity index (χ2v) is 9.91. The second-order valence-electron chi connectivity index (χ2n) is 9.47. The third-order valence-corrected chi connectivity index (χ3v) is 7.47. The van der Waals surface area contributed by atoms with Crippen molar-refractivity contribution in [1.29, 1.82) is 0 Å². The molecule has 6 rings (SSSR count). The Kier molecular flexibility index (Phi) is 5.16. The predicted molar refractivity (Wildman–Crippen MR) is 133 cm³/mol. The number of hydrazone groups is 1. The zero-order valence-electron chi connectivity index (χ0n) is 18.9. The van der Waals surface area contributed by atoms with Crippen molar-refractivity contribution in [3.05, 3.63) is 100 Å². The van der Waals surface area contributed by atoms with Gasteiger partial charge in [0.2, 0.25) is 5.72 Å². The molecular formula is C28H28ClN3O. The van der Waals surface area contributed by atoms with E-state index < -0.39 is 5.72 Å². The molecule has 1 spiro atoms. The highest BCUT2D eigenvalue weighted by Crippen LogP contribution is 2.50. The number of likely N-dealkylation sites (tertiary alicyclic amines) is 1. The minimum Gasteiger partial charge on any atom is -0.466 e. The van der Waals surface area contributed by atoms with E-state index in [4.69, 9.17) is 21.4 Å². The highest BCUT2D eigenvalue weighted by Gasteiger charge is 2.51. The third kappa shape index (κ3) is 3.81. The Morgan fingerprint density at radius 2 is 1.76 bits per heavy atom. The summed E-state index contributed by atoms with van der Waals surface area (Å²) in [5.74, 6) is 1.02. The molecule has 3 aromatic carbocycles. The first-order valence-corrected chi connectivity index (χ1v) is 12.2. The van der Waals surface area contributed by atoms with Crippen LogP contribution < -0.4 is 4.74 Å². The zero-order chi connectivity index (χ0) is 22.4. The molecule has 5 heteroatoms. The van der Waals surface area contributed by atoms with Gasteiger partial charge in [0.25, 0.3) is 0 Å². The van der Waals surface area contributed by atoms with Crippen LogP contribution in [0.1, 0.15) is 47.6 Å². The van der Waals surface area contributed by atoms with E-state index in [0.29, 0.717) is 0 Å². The van der Waals surface area contributed by atoms with Gasteiger partial charge in [0.15, 0.2) is 0 Å². The summed E-state index contributed by atoms with van der Waals surface area (Å²) < 4.78 is 6.80. The molecule has 0 radical (unpaired) electrons. The fraction of sp³-hybridized carbons (Fsp3) is 0.321. The fourth-order valence-electron chi connectivity index (χ4n) is 5.45. The summed E-state index contributed by atoms with van der Waals surface area (Å²) in [7, 11) is 0. The molecule has 1 unspecified atom stereocenters. The van der Waals surface area contributed by atoms with Crippen molar-refractivity contribution in [3.8, 4) is 5.75 Å². The quantitative estimate of drug-likeness (QED) is 0.469. The summed E-state index contributed by atoms with van der Waals surface area (Å²) in [5.41, 5.74) is 5.72. The number of benzene rings is 3. The summed E-state index contributed by atoms with van der Waals surface area (Å²) in [6.07, 6.45) is 2.75. The number of hydrogen-bond acceptors (Lipinski definition) is 4. The first-order chi connectivity index (χ1) is 16.1. The lowest BCUT2D eigenvalue weighted by molar-refractivity contribution is -0.150. The maximum Gasteiger partial charge on any atom is 0.200 e. The largest absolute Gasteiger partial charge is 0.466 e. The van der Waals surface area contributed by atoms with Gasteiger partial charge in [-0.25, -0.2) is 5.01 Å². The number of piperidine rings is 1. The molecule has 1 atom stereocenters. The molecule has 0 bridgehead atoms. The smallest absolute Gasteiger partial charge is 0.200 e. The van der Waals surface area contributed by atoms with Gasteiger partial charge in [-0.15, -0.1) is 0 Å². The van der Waals surface area contributed by atoms with E-state index >= 15 is 0 Å². The Hall–Kier alpha value is -2.82. The number of fused-ring (bicyclic) bond motifs is 4. The first-order valence-electron chi connectivity index (χ1n) is 11.8. The van der Waals surface area contributed by atoms with Gasteiger partial charge in [0.05, 0.1) is 11.8 Å². The first kappa shape index (κ1) is 20.8. The minimum absolute atomic E-state index is 0.208. The summed E-state index contributed by atoms with van der Waals surface area (Å²) in [6.45, 7) is 5.11. The van der Waals surface area contributed by atoms with E-state index in [1.54, 1.807) is 0 Å². The molecular weight excluding hydrogens is 430 g/mol. The molecule has 0 amide bonds. The lowest BCUT2D eigenvalue weighted by atomic mass is 9.90. The van der Waals surface area contributed by atoms with Gasteiger partial charge in [-0.05, 0) is 36.2 Å². The van der Waals surface area contributed by atoms with Crippen molar-refractivity contribution in [2.75, 3.05) is 13.1 Å². The Morgan fingerprint density at radius 1 is 1.00 bits per heavy atom. The molecule has 1 fully saturated rings. The monoisotopic (exact) mass is 457 g/mol. The maximum absolute atomic E-state index is 6.80. The van der Waals surface area contributed by atoms with E-state index in [0.717, 1.165) is 60.9 Å². The molecule has 168 valence electrons. The lowest BCUT2D eigenvalue weighted by Crippen LogP contribution is -2.59. The van der Waals surface area contributed by atoms with Gasteiger partial charge < -0.3 is 4.74 Å². The lowest BCUT2D eigenvalue weighted by Gasteiger charge is -2.51. The van der Waals surface area contributed by atoms with E-state index in [-0.39, 0.29) is 6.04 Å². The summed E-state index contributed by atoms with van der Waals surface area (Å²) in [4.78, 5) is 2.53. The molecule has 0 aromatic heterocycles. The van der Waals surface area contributed by atoms with E-state index in [1.807, 2.05) is 12.1 Å². The molecule has 33 heavy (non-hydrogen) atoms. The van der Waals surface area contributed by atoms with Gasteiger partial charge >= 0.3 is 0 Å². The molecule has 3 aromatic rings. The van der Waals surface area contributed by atoms with Crippen LogP contribution in [0.4, 0.5) is 0 Å². The van der Waals surface area contributed by atoms with Crippen molar-refractivity contribution < 1.29 is 4.74 Å². The van der Waals surface area contributed by atoms with Crippen molar-refractivity contribution in [2.24, 2.45) is 5.10 Å². The van der Waals surface area contributed by atoms with Gasteiger partial charge in [-0.2, -0.15) is 5.10 Å². The standard InChI is InChI=1S/C28H28ClN3O/c1-20-7-12-27-24(17-20)26-18-25(22-8-10-23(29)11-9-22)30-32(26)28(33-27)13-15-31(16-14-28)19-21-5-3-2-4-6-21/h2-12,17,26H,13-16,18-19H2,1H3. The van der Waals surface area contributed by atoms with Crippen LogP contribution in [0.5, 0.6) is 5.75 Å². The van der Waals surface area contributed by atoms with Crippen molar-refractivity contribution in [2.45, 2.75) is 44.5 Å². The van der Waals surface area contributed by atoms with Gasteiger partial charge in [0.1, 0.15) is 5.75 Å². The number of ether oxygens (including phenoxy) is 1. The van der Waals surface area contributed by atoms with E-state index in [9.17, 15) is 0 Å². The minimum atomic E-state index is -0.395. The van der Waals surface area contributed by atoms with Crippen molar-refractivity contribution in [1.82, 2.24) is 9.91 Å². The molecule has 0 saturated carbocycles. The Morgan fingerprint density at radius 3 is 2.52 bits per heavy atom. The molecule has 3 aliphatic rings. The average Bonchev–Trinajstić information content (AvgIpc) is 3.29. The third-order valence-electron chi connectivity index (χ3n) is 7.22. The highest BCUT2D eigenvalue weighted by molar-refractivity contribution is 6.30. The predicted octanol–water partition coefficient (Wildman–Crippen LogP) is 6.18. The summed E-state index contributed by atoms with van der Waals surface area (Å²) in [5, 5.41) is 8.23. The number of rotatable bonds is 3. The molecule has 3 aliphatic heterocycles. The van der Waals surface area contributed by atoms with Crippen LogP contribution in [-0.4, -0.2) is 34.4 Å². The maximum atomic E-state index is 6.80. The van der Waals surface area contributed by atoms with Gasteiger partial charge in [-0.3, -0.25) is 4.90 Å². The van der Waals surface area contributed by atoms with Crippen LogP contribution in [0.2, 0.25) is 5.02 Å². The number of hydrogen-bond donors (Lipinski definition) is 0. The Labute approximate surface area is 200 Å².